The standard InChI is InChI=1S/C20H24N2O4S2/c1-2-26-16-7-9-17(10-8-16)28(24,25)22-13-11-15(12-14-22)21-20(23)18-5-3-4-6-19(18)27/h3-10,15,27H,2,11-14H2,1H3,(H,21,23). The van der Waals surface area contributed by atoms with Crippen molar-refractivity contribution in [3.63, 3.8) is 0 Å². The van der Waals surface area contributed by atoms with E-state index >= 15 is 0 Å². The van der Waals surface area contributed by atoms with Crippen molar-refractivity contribution in [3.8, 4) is 5.75 Å². The van der Waals surface area contributed by atoms with Crippen molar-refractivity contribution in [2.75, 3.05) is 19.7 Å². The fourth-order valence-corrected chi connectivity index (χ4v) is 4.92. The van der Waals surface area contributed by atoms with E-state index in [1.54, 1.807) is 42.5 Å². The monoisotopic (exact) mass is 420 g/mol. The Bertz CT molecular complexity index is 921. The summed E-state index contributed by atoms with van der Waals surface area (Å²) in [4.78, 5) is 13.3. The maximum Gasteiger partial charge on any atom is 0.252 e. The van der Waals surface area contributed by atoms with Gasteiger partial charge in [-0.05, 0) is 56.2 Å². The van der Waals surface area contributed by atoms with E-state index in [1.165, 1.54) is 4.31 Å². The van der Waals surface area contributed by atoms with E-state index in [0.717, 1.165) is 0 Å². The molecule has 3 rings (SSSR count). The molecule has 0 unspecified atom stereocenters. The second-order valence-electron chi connectivity index (χ2n) is 6.57. The number of benzene rings is 2. The first kappa shape index (κ1) is 20.7. The summed E-state index contributed by atoms with van der Waals surface area (Å²) in [6.07, 6.45) is 1.13. The Labute approximate surface area is 171 Å². The van der Waals surface area contributed by atoms with Crippen LogP contribution in [0.3, 0.4) is 0 Å². The third-order valence-electron chi connectivity index (χ3n) is 4.71. The van der Waals surface area contributed by atoms with E-state index < -0.39 is 10.0 Å². The molecule has 0 aliphatic carbocycles. The van der Waals surface area contributed by atoms with Crippen molar-refractivity contribution in [3.05, 3.63) is 54.1 Å². The Balaban J connectivity index is 1.60. The molecule has 8 heteroatoms. The number of hydrogen-bond donors (Lipinski definition) is 2. The fraction of sp³-hybridized carbons (Fsp3) is 0.350. The van der Waals surface area contributed by atoms with Gasteiger partial charge in [0.25, 0.3) is 5.91 Å². The Kier molecular flexibility index (Phi) is 6.64. The molecule has 0 saturated carbocycles. The molecular weight excluding hydrogens is 396 g/mol. The zero-order valence-corrected chi connectivity index (χ0v) is 17.4. The molecule has 0 spiro atoms. The molecule has 1 N–H and O–H groups in total. The molecule has 2 aromatic carbocycles. The van der Waals surface area contributed by atoms with Gasteiger partial charge in [0.05, 0.1) is 17.1 Å². The van der Waals surface area contributed by atoms with Crippen molar-refractivity contribution in [1.82, 2.24) is 9.62 Å². The highest BCUT2D eigenvalue weighted by Gasteiger charge is 2.30. The molecule has 0 bridgehead atoms. The molecular formula is C20H24N2O4S2. The maximum atomic E-state index is 12.8. The van der Waals surface area contributed by atoms with Crippen LogP contribution in [0.2, 0.25) is 0 Å². The van der Waals surface area contributed by atoms with Crippen LogP contribution in [0, 0.1) is 0 Å². The van der Waals surface area contributed by atoms with Crippen molar-refractivity contribution >= 4 is 28.6 Å². The molecule has 1 saturated heterocycles. The molecule has 1 aliphatic rings. The number of nitrogens with one attached hydrogen (secondary N) is 1. The summed E-state index contributed by atoms with van der Waals surface area (Å²) in [5.74, 6) is 0.464. The summed E-state index contributed by atoms with van der Waals surface area (Å²) in [6.45, 7) is 3.14. The molecule has 0 atom stereocenters. The summed E-state index contributed by atoms with van der Waals surface area (Å²) in [6, 6.07) is 13.5. The van der Waals surface area contributed by atoms with Crippen LogP contribution in [-0.2, 0) is 10.0 Å². The topological polar surface area (TPSA) is 75.7 Å². The minimum atomic E-state index is -3.55. The molecule has 150 valence electrons. The number of nitrogens with zero attached hydrogens (tertiary/aromatic N) is 1. The van der Waals surface area contributed by atoms with Crippen LogP contribution in [0.1, 0.15) is 30.1 Å². The van der Waals surface area contributed by atoms with Crippen LogP contribution in [0.4, 0.5) is 0 Å². The largest absolute Gasteiger partial charge is 0.494 e. The average Bonchev–Trinajstić information content (AvgIpc) is 2.69. The van der Waals surface area contributed by atoms with Gasteiger partial charge < -0.3 is 10.1 Å². The lowest BCUT2D eigenvalue weighted by molar-refractivity contribution is 0.0921. The van der Waals surface area contributed by atoms with Crippen LogP contribution in [0.5, 0.6) is 5.75 Å². The van der Waals surface area contributed by atoms with E-state index in [-0.39, 0.29) is 16.8 Å². The molecule has 2 aromatic rings. The molecule has 1 aliphatic heterocycles. The first-order valence-corrected chi connectivity index (χ1v) is 11.1. The molecule has 0 aromatic heterocycles. The van der Waals surface area contributed by atoms with Gasteiger partial charge in [-0.25, -0.2) is 8.42 Å². The van der Waals surface area contributed by atoms with Crippen molar-refractivity contribution in [2.45, 2.75) is 35.6 Å². The van der Waals surface area contributed by atoms with Gasteiger partial charge in [-0.15, -0.1) is 12.6 Å². The number of amides is 1. The third-order valence-corrected chi connectivity index (χ3v) is 7.01. The Morgan fingerprint density at radius 1 is 1.14 bits per heavy atom. The van der Waals surface area contributed by atoms with Gasteiger partial charge in [-0.1, -0.05) is 12.1 Å². The highest BCUT2D eigenvalue weighted by atomic mass is 32.2. The SMILES string of the molecule is CCOc1ccc(S(=O)(=O)N2CCC(NC(=O)c3ccccc3S)CC2)cc1. The number of hydrogen-bond acceptors (Lipinski definition) is 5. The van der Waals surface area contributed by atoms with Crippen molar-refractivity contribution < 1.29 is 17.9 Å². The second kappa shape index (κ2) is 8.98. The summed E-state index contributed by atoms with van der Waals surface area (Å²) >= 11 is 4.31. The number of sulfonamides is 1. The zero-order valence-electron chi connectivity index (χ0n) is 15.7. The fourth-order valence-electron chi connectivity index (χ4n) is 3.19. The minimum absolute atomic E-state index is 0.0628. The predicted molar refractivity (Wildman–Crippen MR) is 111 cm³/mol. The second-order valence-corrected chi connectivity index (χ2v) is 8.99. The van der Waals surface area contributed by atoms with Gasteiger partial charge in [-0.3, -0.25) is 4.79 Å². The predicted octanol–water partition coefficient (Wildman–Crippen LogP) is 2.96. The molecule has 1 fully saturated rings. The van der Waals surface area contributed by atoms with Gasteiger partial charge in [0.2, 0.25) is 10.0 Å². The lowest BCUT2D eigenvalue weighted by Crippen LogP contribution is -2.46. The normalized spacial score (nSPS) is 15.9. The number of piperidine rings is 1. The summed E-state index contributed by atoms with van der Waals surface area (Å²) < 4.78 is 32.5. The van der Waals surface area contributed by atoms with E-state index in [0.29, 0.717) is 48.7 Å². The number of carbonyl (C=O) groups excluding carboxylic acids is 1. The van der Waals surface area contributed by atoms with Crippen LogP contribution >= 0.6 is 12.6 Å². The number of ether oxygens (including phenoxy) is 1. The third kappa shape index (κ3) is 4.68. The van der Waals surface area contributed by atoms with E-state index in [2.05, 4.69) is 17.9 Å². The molecule has 1 heterocycles. The highest BCUT2D eigenvalue weighted by Crippen LogP contribution is 2.23. The molecule has 28 heavy (non-hydrogen) atoms. The Morgan fingerprint density at radius 2 is 1.79 bits per heavy atom. The van der Waals surface area contributed by atoms with E-state index in [1.807, 2.05) is 13.0 Å². The van der Waals surface area contributed by atoms with Crippen LogP contribution in [0.25, 0.3) is 0 Å². The van der Waals surface area contributed by atoms with Gasteiger partial charge >= 0.3 is 0 Å². The lowest BCUT2D eigenvalue weighted by atomic mass is 10.1. The smallest absolute Gasteiger partial charge is 0.252 e. The first-order chi connectivity index (χ1) is 13.4. The van der Waals surface area contributed by atoms with E-state index in [4.69, 9.17) is 4.74 Å². The molecule has 1 amide bonds. The maximum absolute atomic E-state index is 12.8. The average molecular weight is 421 g/mol. The summed E-state index contributed by atoms with van der Waals surface area (Å²) in [7, 11) is -3.55. The lowest BCUT2D eigenvalue weighted by Gasteiger charge is -2.31. The van der Waals surface area contributed by atoms with Gasteiger partial charge in [0.1, 0.15) is 5.75 Å². The molecule has 0 radical (unpaired) electrons. The highest BCUT2D eigenvalue weighted by molar-refractivity contribution is 7.89. The quantitative estimate of drug-likeness (QED) is 0.705. The van der Waals surface area contributed by atoms with Gasteiger partial charge in [0.15, 0.2) is 0 Å². The Hall–Kier alpha value is -2.03. The van der Waals surface area contributed by atoms with Gasteiger partial charge in [-0.2, -0.15) is 4.31 Å². The molecule has 6 nitrogen and oxygen atoms in total. The summed E-state index contributed by atoms with van der Waals surface area (Å²) in [5.41, 5.74) is 0.523. The zero-order chi connectivity index (χ0) is 20.1. The number of thiol groups is 1. The number of carbonyl (C=O) groups is 1. The van der Waals surface area contributed by atoms with Crippen LogP contribution in [0.15, 0.2) is 58.3 Å². The van der Waals surface area contributed by atoms with Crippen molar-refractivity contribution in [2.24, 2.45) is 0 Å². The minimum Gasteiger partial charge on any atom is -0.494 e. The van der Waals surface area contributed by atoms with E-state index in [9.17, 15) is 13.2 Å². The first-order valence-electron chi connectivity index (χ1n) is 9.23. The van der Waals surface area contributed by atoms with Crippen LogP contribution < -0.4 is 10.1 Å². The van der Waals surface area contributed by atoms with Crippen LogP contribution in [-0.4, -0.2) is 44.4 Å². The number of rotatable bonds is 6. The summed E-state index contributed by atoms with van der Waals surface area (Å²) in [5, 5.41) is 2.98. The van der Waals surface area contributed by atoms with Gasteiger partial charge in [0, 0.05) is 24.0 Å². The van der Waals surface area contributed by atoms with Crippen molar-refractivity contribution in [1.29, 1.82) is 0 Å². The Morgan fingerprint density at radius 3 is 2.39 bits per heavy atom.